The van der Waals surface area contributed by atoms with E-state index >= 15 is 0 Å². The first-order valence-electron chi connectivity index (χ1n) is 9.53. The molecule has 0 spiro atoms. The van der Waals surface area contributed by atoms with Gasteiger partial charge < -0.3 is 4.90 Å². The van der Waals surface area contributed by atoms with Crippen molar-refractivity contribution in [2.24, 2.45) is 0 Å². The molecule has 3 aromatic rings. The lowest BCUT2D eigenvalue weighted by Crippen LogP contribution is -2.38. The normalized spacial score (nSPS) is 15.1. The highest BCUT2D eigenvalue weighted by Crippen LogP contribution is 2.28. The Morgan fingerprint density at radius 1 is 1.07 bits per heavy atom. The number of likely N-dealkylation sites (tertiary alicyclic amines) is 1. The third kappa shape index (κ3) is 4.28. The van der Waals surface area contributed by atoms with E-state index in [1.165, 1.54) is 5.56 Å². The fourth-order valence-corrected chi connectivity index (χ4v) is 4.39. The van der Waals surface area contributed by atoms with Gasteiger partial charge in [0.25, 0.3) is 0 Å². The molecule has 0 atom stereocenters. The summed E-state index contributed by atoms with van der Waals surface area (Å²) in [5.41, 5.74) is 4.59. The van der Waals surface area contributed by atoms with Gasteiger partial charge in [-0.3, -0.25) is 4.79 Å². The molecule has 0 radical (unpaired) electrons. The summed E-state index contributed by atoms with van der Waals surface area (Å²) in [6.07, 6.45) is 2.59. The van der Waals surface area contributed by atoms with Crippen LogP contribution in [0.1, 0.15) is 34.9 Å². The third-order valence-electron chi connectivity index (χ3n) is 5.34. The summed E-state index contributed by atoms with van der Waals surface area (Å²) in [4.78, 5) is 19.2. The second-order valence-corrected chi connectivity index (χ2v) is 8.25. The van der Waals surface area contributed by atoms with Crippen LogP contribution >= 0.6 is 11.3 Å². The van der Waals surface area contributed by atoms with Gasteiger partial charge in [-0.15, -0.1) is 11.3 Å². The van der Waals surface area contributed by atoms with Crippen molar-refractivity contribution in [3.8, 4) is 11.3 Å². The smallest absolute Gasteiger partial charge is 0.226 e. The van der Waals surface area contributed by atoms with E-state index in [1.54, 1.807) is 11.3 Å². The van der Waals surface area contributed by atoms with Crippen molar-refractivity contribution in [2.45, 2.75) is 32.1 Å². The van der Waals surface area contributed by atoms with E-state index in [-0.39, 0.29) is 5.91 Å². The number of carbonyl (C=O) groups excluding carboxylic acids is 1. The Hall–Kier alpha value is -2.46. The van der Waals surface area contributed by atoms with E-state index in [9.17, 15) is 4.79 Å². The molecule has 138 valence electrons. The number of carbonyl (C=O) groups is 1. The van der Waals surface area contributed by atoms with Crippen molar-refractivity contribution in [2.75, 3.05) is 13.1 Å². The quantitative estimate of drug-likeness (QED) is 0.637. The van der Waals surface area contributed by atoms with Gasteiger partial charge in [0.05, 0.1) is 17.1 Å². The maximum absolute atomic E-state index is 12.7. The zero-order valence-electron chi connectivity index (χ0n) is 15.6. The van der Waals surface area contributed by atoms with Crippen LogP contribution < -0.4 is 0 Å². The minimum atomic E-state index is 0.235. The SMILES string of the molecule is Cc1nc(-c2ccc(CC(=O)N3CCC(c4ccccc4)CC3)cc2)cs1. The van der Waals surface area contributed by atoms with Crippen LogP contribution in [0.25, 0.3) is 11.3 Å². The molecule has 0 N–H and O–H groups in total. The zero-order chi connectivity index (χ0) is 18.6. The minimum absolute atomic E-state index is 0.235. The Bertz CT molecular complexity index is 894. The number of amides is 1. The number of rotatable bonds is 4. The molecular weight excluding hydrogens is 352 g/mol. The van der Waals surface area contributed by atoms with Crippen molar-refractivity contribution in [3.63, 3.8) is 0 Å². The number of hydrogen-bond donors (Lipinski definition) is 0. The largest absolute Gasteiger partial charge is 0.342 e. The van der Waals surface area contributed by atoms with E-state index in [0.717, 1.165) is 47.8 Å². The number of benzene rings is 2. The van der Waals surface area contributed by atoms with Gasteiger partial charge >= 0.3 is 0 Å². The maximum atomic E-state index is 12.7. The lowest BCUT2D eigenvalue weighted by molar-refractivity contribution is -0.131. The Labute approximate surface area is 164 Å². The first kappa shape index (κ1) is 17.9. The predicted octanol–water partition coefficient (Wildman–Crippen LogP) is 5.07. The van der Waals surface area contributed by atoms with Gasteiger partial charge in [0.2, 0.25) is 5.91 Å². The lowest BCUT2D eigenvalue weighted by atomic mass is 9.89. The topological polar surface area (TPSA) is 33.2 Å². The first-order valence-corrected chi connectivity index (χ1v) is 10.4. The molecular formula is C23H24N2OS. The number of thiazole rings is 1. The van der Waals surface area contributed by atoms with Crippen molar-refractivity contribution in [1.29, 1.82) is 0 Å². The molecule has 0 aliphatic carbocycles. The number of piperidine rings is 1. The average Bonchev–Trinajstić information content (AvgIpc) is 3.16. The standard InChI is InChI=1S/C23H24N2OS/c1-17-24-22(16-27-17)21-9-7-18(8-10-21)15-23(26)25-13-11-20(12-14-25)19-5-3-2-4-6-19/h2-10,16,20H,11-15H2,1H3. The second kappa shape index (κ2) is 8.05. The van der Waals surface area contributed by atoms with Crippen molar-refractivity contribution >= 4 is 17.2 Å². The van der Waals surface area contributed by atoms with Crippen LogP contribution in [0.15, 0.2) is 60.0 Å². The molecule has 1 saturated heterocycles. The van der Waals surface area contributed by atoms with Gasteiger partial charge in [0.1, 0.15) is 0 Å². The van der Waals surface area contributed by atoms with E-state index in [4.69, 9.17) is 0 Å². The molecule has 0 unspecified atom stereocenters. The fraction of sp³-hybridized carbons (Fsp3) is 0.304. The zero-order valence-corrected chi connectivity index (χ0v) is 16.4. The summed E-state index contributed by atoms with van der Waals surface area (Å²) in [7, 11) is 0. The van der Waals surface area contributed by atoms with Crippen molar-refractivity contribution < 1.29 is 4.79 Å². The highest BCUT2D eigenvalue weighted by atomic mass is 32.1. The second-order valence-electron chi connectivity index (χ2n) is 7.19. The van der Waals surface area contributed by atoms with Gasteiger partial charge in [-0.1, -0.05) is 54.6 Å². The van der Waals surface area contributed by atoms with Crippen LogP contribution in [0.5, 0.6) is 0 Å². The molecule has 2 aromatic carbocycles. The van der Waals surface area contributed by atoms with E-state index in [0.29, 0.717) is 12.3 Å². The summed E-state index contributed by atoms with van der Waals surface area (Å²) in [6, 6.07) is 18.9. The Kier molecular flexibility index (Phi) is 5.35. The van der Waals surface area contributed by atoms with E-state index in [1.807, 2.05) is 11.8 Å². The molecule has 1 aromatic heterocycles. The summed E-state index contributed by atoms with van der Waals surface area (Å²) in [5, 5.41) is 3.15. The fourth-order valence-electron chi connectivity index (χ4n) is 3.76. The average molecular weight is 377 g/mol. The Balaban J connectivity index is 1.33. The summed E-state index contributed by atoms with van der Waals surface area (Å²) in [5.74, 6) is 0.815. The van der Waals surface area contributed by atoms with Gasteiger partial charge in [-0.05, 0) is 36.8 Å². The highest BCUT2D eigenvalue weighted by Gasteiger charge is 2.23. The molecule has 1 amide bonds. The molecule has 4 rings (SSSR count). The maximum Gasteiger partial charge on any atom is 0.226 e. The van der Waals surface area contributed by atoms with Crippen molar-refractivity contribution in [1.82, 2.24) is 9.88 Å². The van der Waals surface area contributed by atoms with E-state index < -0.39 is 0 Å². The molecule has 2 heterocycles. The summed E-state index contributed by atoms with van der Waals surface area (Å²) < 4.78 is 0. The van der Waals surface area contributed by atoms with Crippen molar-refractivity contribution in [3.05, 3.63) is 76.1 Å². The van der Waals surface area contributed by atoms with Crippen LogP contribution in [0.3, 0.4) is 0 Å². The van der Waals surface area contributed by atoms with Crippen LogP contribution in [0, 0.1) is 6.92 Å². The molecule has 1 aliphatic rings. The number of hydrogen-bond acceptors (Lipinski definition) is 3. The Morgan fingerprint density at radius 3 is 2.41 bits per heavy atom. The molecule has 27 heavy (non-hydrogen) atoms. The Morgan fingerprint density at radius 2 is 1.78 bits per heavy atom. The molecule has 1 aliphatic heterocycles. The van der Waals surface area contributed by atoms with Gasteiger partial charge in [0.15, 0.2) is 0 Å². The van der Waals surface area contributed by atoms with Gasteiger partial charge in [0, 0.05) is 24.0 Å². The van der Waals surface area contributed by atoms with Crippen LogP contribution in [0.2, 0.25) is 0 Å². The van der Waals surface area contributed by atoms with Crippen LogP contribution in [-0.4, -0.2) is 28.9 Å². The third-order valence-corrected chi connectivity index (χ3v) is 6.12. The molecule has 4 heteroatoms. The van der Waals surface area contributed by atoms with Crippen LogP contribution in [0.4, 0.5) is 0 Å². The summed E-state index contributed by atoms with van der Waals surface area (Å²) >= 11 is 1.66. The van der Waals surface area contributed by atoms with Gasteiger partial charge in [-0.2, -0.15) is 0 Å². The lowest BCUT2D eigenvalue weighted by Gasteiger charge is -2.32. The molecule has 1 fully saturated rings. The first-order chi connectivity index (χ1) is 13.2. The number of nitrogens with zero attached hydrogens (tertiary/aromatic N) is 2. The molecule has 3 nitrogen and oxygen atoms in total. The molecule has 0 saturated carbocycles. The number of aryl methyl sites for hydroxylation is 1. The predicted molar refractivity (Wildman–Crippen MR) is 111 cm³/mol. The van der Waals surface area contributed by atoms with E-state index in [2.05, 4.69) is 65.0 Å². The minimum Gasteiger partial charge on any atom is -0.342 e. The van der Waals surface area contributed by atoms with Gasteiger partial charge in [-0.25, -0.2) is 4.98 Å². The molecule has 0 bridgehead atoms. The highest BCUT2D eigenvalue weighted by molar-refractivity contribution is 7.09. The summed E-state index contributed by atoms with van der Waals surface area (Å²) in [6.45, 7) is 3.73. The number of aromatic nitrogens is 1. The monoisotopic (exact) mass is 376 g/mol. The van der Waals surface area contributed by atoms with Crippen LogP contribution in [-0.2, 0) is 11.2 Å².